The molecule has 0 bridgehead atoms. The number of hydrogen-bond donors (Lipinski definition) is 1. The minimum Gasteiger partial charge on any atom is -0.497 e. The minimum absolute atomic E-state index is 0.130. The number of ether oxygens (including phenoxy) is 3. The summed E-state index contributed by atoms with van der Waals surface area (Å²) in [6, 6.07) is 13.3. The molecule has 0 aliphatic rings. The molecule has 0 saturated carbocycles. The number of carbonyl (C=O) groups is 1. The van der Waals surface area contributed by atoms with E-state index in [1.165, 1.54) is 11.3 Å². The van der Waals surface area contributed by atoms with Gasteiger partial charge in [0.15, 0.2) is 5.13 Å². The van der Waals surface area contributed by atoms with E-state index in [1.54, 1.807) is 27.4 Å². The largest absolute Gasteiger partial charge is 0.497 e. The number of thiazole rings is 1. The SMILES string of the molecule is COc1ccc(-c2csc(NC(=O)CN(C)Cc3ccccc3OC)n2)c(OC)c1. The zero-order chi connectivity index (χ0) is 21.5. The van der Waals surface area contributed by atoms with Crippen molar-refractivity contribution in [1.82, 2.24) is 9.88 Å². The lowest BCUT2D eigenvalue weighted by atomic mass is 10.1. The highest BCUT2D eigenvalue weighted by Crippen LogP contribution is 2.34. The van der Waals surface area contributed by atoms with Crippen molar-refractivity contribution in [3.8, 4) is 28.5 Å². The first-order valence-electron chi connectivity index (χ1n) is 9.32. The molecule has 0 radical (unpaired) electrons. The Morgan fingerprint density at radius 1 is 1.07 bits per heavy atom. The molecular formula is C22H25N3O4S. The third-order valence-electron chi connectivity index (χ3n) is 4.48. The highest BCUT2D eigenvalue weighted by molar-refractivity contribution is 7.14. The molecular weight excluding hydrogens is 402 g/mol. The first-order chi connectivity index (χ1) is 14.5. The van der Waals surface area contributed by atoms with Crippen molar-refractivity contribution in [3.63, 3.8) is 0 Å². The summed E-state index contributed by atoms with van der Waals surface area (Å²) >= 11 is 1.37. The summed E-state index contributed by atoms with van der Waals surface area (Å²) in [6.07, 6.45) is 0. The van der Waals surface area contributed by atoms with Crippen LogP contribution in [0.3, 0.4) is 0 Å². The van der Waals surface area contributed by atoms with Crippen LogP contribution in [0.5, 0.6) is 17.2 Å². The summed E-state index contributed by atoms with van der Waals surface area (Å²) in [7, 11) is 6.74. The Bertz CT molecular complexity index is 1010. The summed E-state index contributed by atoms with van der Waals surface area (Å²) < 4.78 is 16.0. The van der Waals surface area contributed by atoms with Gasteiger partial charge in [-0.05, 0) is 25.2 Å². The second kappa shape index (κ2) is 10.1. The van der Waals surface area contributed by atoms with Gasteiger partial charge in [0.2, 0.25) is 5.91 Å². The zero-order valence-corrected chi connectivity index (χ0v) is 18.3. The quantitative estimate of drug-likeness (QED) is 0.558. The van der Waals surface area contributed by atoms with Gasteiger partial charge >= 0.3 is 0 Å². The molecule has 158 valence electrons. The molecule has 30 heavy (non-hydrogen) atoms. The van der Waals surface area contributed by atoms with Crippen LogP contribution in [0.2, 0.25) is 0 Å². The molecule has 1 aromatic heterocycles. The van der Waals surface area contributed by atoms with Crippen molar-refractivity contribution in [3.05, 3.63) is 53.4 Å². The van der Waals surface area contributed by atoms with E-state index in [0.717, 1.165) is 22.6 Å². The van der Waals surface area contributed by atoms with Gasteiger partial charge in [-0.15, -0.1) is 11.3 Å². The van der Waals surface area contributed by atoms with Crippen LogP contribution >= 0.6 is 11.3 Å². The topological polar surface area (TPSA) is 72.9 Å². The number of carbonyl (C=O) groups excluding carboxylic acids is 1. The van der Waals surface area contributed by atoms with Crippen LogP contribution in [0.1, 0.15) is 5.56 Å². The average molecular weight is 428 g/mol. The molecule has 8 heteroatoms. The molecule has 2 aromatic carbocycles. The van der Waals surface area contributed by atoms with E-state index in [-0.39, 0.29) is 12.5 Å². The van der Waals surface area contributed by atoms with Crippen molar-refractivity contribution < 1.29 is 19.0 Å². The van der Waals surface area contributed by atoms with E-state index in [2.05, 4.69) is 10.3 Å². The predicted molar refractivity (Wildman–Crippen MR) is 119 cm³/mol. The van der Waals surface area contributed by atoms with Crippen LogP contribution in [-0.4, -0.2) is 50.7 Å². The Balaban J connectivity index is 1.62. The normalized spacial score (nSPS) is 10.7. The van der Waals surface area contributed by atoms with E-state index in [4.69, 9.17) is 14.2 Å². The summed E-state index contributed by atoms with van der Waals surface area (Å²) in [5, 5.41) is 5.30. The summed E-state index contributed by atoms with van der Waals surface area (Å²) in [6.45, 7) is 0.836. The van der Waals surface area contributed by atoms with Crippen LogP contribution in [0.15, 0.2) is 47.8 Å². The van der Waals surface area contributed by atoms with Crippen LogP contribution in [0, 0.1) is 0 Å². The van der Waals surface area contributed by atoms with Gasteiger partial charge in [0.1, 0.15) is 17.2 Å². The number of anilines is 1. The highest BCUT2D eigenvalue weighted by Gasteiger charge is 2.14. The van der Waals surface area contributed by atoms with E-state index < -0.39 is 0 Å². The molecule has 3 rings (SSSR count). The first-order valence-corrected chi connectivity index (χ1v) is 10.2. The lowest BCUT2D eigenvalue weighted by molar-refractivity contribution is -0.117. The summed E-state index contributed by atoms with van der Waals surface area (Å²) in [4.78, 5) is 18.9. The Morgan fingerprint density at radius 3 is 2.57 bits per heavy atom. The van der Waals surface area contributed by atoms with Crippen molar-refractivity contribution in [2.45, 2.75) is 6.54 Å². The van der Waals surface area contributed by atoms with Crippen LogP contribution in [0.4, 0.5) is 5.13 Å². The Morgan fingerprint density at radius 2 is 1.83 bits per heavy atom. The number of amides is 1. The van der Waals surface area contributed by atoms with Gasteiger partial charge in [-0.1, -0.05) is 18.2 Å². The van der Waals surface area contributed by atoms with Crippen LogP contribution < -0.4 is 19.5 Å². The number of nitrogens with zero attached hydrogens (tertiary/aromatic N) is 2. The molecule has 0 fully saturated rings. The molecule has 1 heterocycles. The number of para-hydroxylation sites is 1. The Kier molecular flexibility index (Phi) is 7.26. The third-order valence-corrected chi connectivity index (χ3v) is 5.24. The standard InChI is InChI=1S/C22H25N3O4S/c1-25(12-15-7-5-6-8-19(15)28-3)13-21(26)24-22-23-18(14-30-22)17-10-9-16(27-2)11-20(17)29-4/h5-11,14H,12-13H2,1-4H3,(H,23,24,26). The molecule has 0 atom stereocenters. The molecule has 0 aliphatic carbocycles. The number of nitrogens with one attached hydrogen (secondary N) is 1. The van der Waals surface area contributed by atoms with E-state index in [9.17, 15) is 4.79 Å². The molecule has 1 N–H and O–H groups in total. The molecule has 7 nitrogen and oxygen atoms in total. The highest BCUT2D eigenvalue weighted by atomic mass is 32.1. The van der Waals surface area contributed by atoms with Crippen molar-refractivity contribution in [2.75, 3.05) is 40.2 Å². The van der Waals surface area contributed by atoms with Crippen molar-refractivity contribution in [2.24, 2.45) is 0 Å². The fraction of sp³-hybridized carbons (Fsp3) is 0.273. The average Bonchev–Trinajstić information content (AvgIpc) is 3.21. The van der Waals surface area contributed by atoms with Gasteiger partial charge in [-0.2, -0.15) is 0 Å². The summed E-state index contributed by atoms with van der Waals surface area (Å²) in [5.41, 5.74) is 2.60. The minimum atomic E-state index is -0.130. The second-order valence-corrected chi connectivity index (χ2v) is 7.49. The number of likely N-dealkylation sites (N-methyl/N-ethyl adjacent to an activating group) is 1. The van der Waals surface area contributed by atoms with Gasteiger partial charge in [-0.25, -0.2) is 4.98 Å². The van der Waals surface area contributed by atoms with Crippen LogP contribution in [-0.2, 0) is 11.3 Å². The first kappa shape index (κ1) is 21.6. The van der Waals surface area contributed by atoms with Crippen LogP contribution in [0.25, 0.3) is 11.3 Å². The number of hydrogen-bond acceptors (Lipinski definition) is 7. The lowest BCUT2D eigenvalue weighted by Crippen LogP contribution is -2.29. The molecule has 0 saturated heterocycles. The fourth-order valence-electron chi connectivity index (χ4n) is 3.05. The number of methoxy groups -OCH3 is 3. The smallest absolute Gasteiger partial charge is 0.240 e. The van der Waals surface area contributed by atoms with E-state index >= 15 is 0 Å². The van der Waals surface area contributed by atoms with Gasteiger partial charge in [0, 0.05) is 29.1 Å². The molecule has 0 unspecified atom stereocenters. The van der Waals surface area contributed by atoms with Crippen molar-refractivity contribution >= 4 is 22.4 Å². The number of rotatable bonds is 9. The Hall–Kier alpha value is -3.10. The molecule has 0 spiro atoms. The van der Waals surface area contributed by atoms with Gasteiger partial charge in [-0.3, -0.25) is 9.69 Å². The zero-order valence-electron chi connectivity index (χ0n) is 17.5. The van der Waals surface area contributed by atoms with E-state index in [0.29, 0.717) is 23.2 Å². The maximum absolute atomic E-state index is 12.5. The second-order valence-electron chi connectivity index (χ2n) is 6.64. The van der Waals surface area contributed by atoms with Crippen molar-refractivity contribution in [1.29, 1.82) is 0 Å². The molecule has 0 aliphatic heterocycles. The number of benzene rings is 2. The van der Waals surface area contributed by atoms with Gasteiger partial charge in [0.05, 0.1) is 33.6 Å². The maximum Gasteiger partial charge on any atom is 0.240 e. The van der Waals surface area contributed by atoms with Gasteiger partial charge < -0.3 is 19.5 Å². The van der Waals surface area contributed by atoms with E-state index in [1.807, 2.05) is 53.7 Å². The maximum atomic E-state index is 12.5. The number of aromatic nitrogens is 1. The fourth-order valence-corrected chi connectivity index (χ4v) is 3.78. The predicted octanol–water partition coefficient (Wildman–Crippen LogP) is 3.91. The monoisotopic (exact) mass is 427 g/mol. The third kappa shape index (κ3) is 5.28. The molecule has 1 amide bonds. The molecule has 3 aromatic rings. The van der Waals surface area contributed by atoms with Gasteiger partial charge in [0.25, 0.3) is 0 Å². The Labute approximate surface area is 180 Å². The summed E-state index contributed by atoms with van der Waals surface area (Å²) in [5.74, 6) is 2.05. The lowest BCUT2D eigenvalue weighted by Gasteiger charge is -2.17.